The van der Waals surface area contributed by atoms with Gasteiger partial charge in [-0.1, -0.05) is 0 Å². The SMILES string of the molecule is OC(CCC=COC=CCCC(O)(C(F)(F)F)C(F)(F)F)(C(F)(F)F)C(F)(F)F. The Morgan fingerprint density at radius 2 is 0.759 bits per heavy atom. The van der Waals surface area contributed by atoms with E-state index in [2.05, 4.69) is 4.74 Å². The molecule has 3 nitrogen and oxygen atoms in total. The van der Waals surface area contributed by atoms with E-state index < -0.39 is 61.6 Å². The molecule has 0 bridgehead atoms. The van der Waals surface area contributed by atoms with Crippen LogP contribution in [0.15, 0.2) is 24.7 Å². The lowest BCUT2D eigenvalue weighted by molar-refractivity contribution is -0.370. The molecule has 0 saturated heterocycles. The van der Waals surface area contributed by atoms with Crippen molar-refractivity contribution >= 4 is 0 Å². The van der Waals surface area contributed by atoms with Crippen LogP contribution >= 0.6 is 0 Å². The van der Waals surface area contributed by atoms with Crippen molar-refractivity contribution in [3.8, 4) is 0 Å². The number of hydrogen-bond donors (Lipinski definition) is 2. The van der Waals surface area contributed by atoms with Gasteiger partial charge in [-0.05, 0) is 37.8 Å². The molecule has 0 aromatic rings. The fourth-order valence-corrected chi connectivity index (χ4v) is 1.77. The topological polar surface area (TPSA) is 49.7 Å². The molecule has 0 aliphatic rings. The van der Waals surface area contributed by atoms with Crippen LogP contribution in [-0.4, -0.2) is 46.1 Å². The first kappa shape index (κ1) is 27.4. The molecule has 0 aromatic carbocycles. The van der Waals surface area contributed by atoms with E-state index >= 15 is 0 Å². The van der Waals surface area contributed by atoms with Crippen LogP contribution in [0.1, 0.15) is 25.7 Å². The Morgan fingerprint density at radius 3 is 0.966 bits per heavy atom. The van der Waals surface area contributed by atoms with E-state index in [1.807, 2.05) is 0 Å². The average molecular weight is 458 g/mol. The Labute approximate surface area is 155 Å². The summed E-state index contributed by atoms with van der Waals surface area (Å²) in [5.74, 6) is 0. The van der Waals surface area contributed by atoms with Crippen molar-refractivity contribution in [3.63, 3.8) is 0 Å². The molecule has 15 heteroatoms. The van der Waals surface area contributed by atoms with Gasteiger partial charge in [0, 0.05) is 0 Å². The summed E-state index contributed by atoms with van der Waals surface area (Å²) in [6.45, 7) is 0. The Morgan fingerprint density at radius 1 is 0.517 bits per heavy atom. The fourth-order valence-electron chi connectivity index (χ4n) is 1.77. The molecule has 0 aliphatic carbocycles. The molecule has 0 amide bonds. The Hall–Kier alpha value is -1.64. The van der Waals surface area contributed by atoms with E-state index in [1.54, 1.807) is 0 Å². The van der Waals surface area contributed by atoms with E-state index in [0.717, 1.165) is 0 Å². The van der Waals surface area contributed by atoms with Gasteiger partial charge in [0.15, 0.2) is 0 Å². The molecule has 0 atom stereocenters. The number of ether oxygens (including phenoxy) is 1. The molecule has 0 saturated carbocycles. The lowest BCUT2D eigenvalue weighted by atomic mass is 9.96. The highest BCUT2D eigenvalue weighted by Crippen LogP contribution is 2.46. The standard InChI is InChI=1S/C14H14F12O3/c15-11(16,17)9(27,12(18,19)20)5-1-3-7-29-8-4-2-6-10(28,13(21,22)23)14(24,25)26/h3-4,7-8,27-28H,1-2,5-6H2. The molecule has 0 fully saturated rings. The van der Waals surface area contributed by atoms with Crippen molar-refractivity contribution in [2.24, 2.45) is 0 Å². The number of rotatable bonds is 8. The second-order valence-corrected chi connectivity index (χ2v) is 5.67. The molecule has 172 valence electrons. The molecular weight excluding hydrogens is 444 g/mol. The van der Waals surface area contributed by atoms with Crippen LogP contribution in [0, 0.1) is 0 Å². The van der Waals surface area contributed by atoms with Gasteiger partial charge in [-0.25, -0.2) is 0 Å². The lowest BCUT2D eigenvalue weighted by Gasteiger charge is -2.31. The Kier molecular flexibility index (Phi) is 8.51. The van der Waals surface area contributed by atoms with Crippen LogP contribution in [0.4, 0.5) is 52.7 Å². The minimum absolute atomic E-state index is 0.503. The lowest BCUT2D eigenvalue weighted by Crippen LogP contribution is -2.56. The quantitative estimate of drug-likeness (QED) is 0.384. The van der Waals surface area contributed by atoms with Gasteiger partial charge >= 0.3 is 24.7 Å². The third-order valence-electron chi connectivity index (χ3n) is 3.57. The van der Waals surface area contributed by atoms with Crippen LogP contribution < -0.4 is 0 Å². The van der Waals surface area contributed by atoms with Gasteiger partial charge in [0.05, 0.1) is 12.5 Å². The summed E-state index contributed by atoms with van der Waals surface area (Å²) < 4.78 is 153. The third-order valence-corrected chi connectivity index (χ3v) is 3.57. The highest BCUT2D eigenvalue weighted by molar-refractivity contribution is 4.97. The minimum atomic E-state index is -6.01. The second kappa shape index (κ2) is 9.02. The van der Waals surface area contributed by atoms with Gasteiger partial charge < -0.3 is 14.9 Å². The zero-order valence-corrected chi connectivity index (χ0v) is 14.0. The van der Waals surface area contributed by atoms with Crippen molar-refractivity contribution in [2.75, 3.05) is 0 Å². The predicted octanol–water partition coefficient (Wildman–Crippen LogP) is 5.30. The largest absolute Gasteiger partial charge is 0.473 e. The van der Waals surface area contributed by atoms with E-state index in [-0.39, 0.29) is 0 Å². The van der Waals surface area contributed by atoms with Gasteiger partial charge in [-0.15, -0.1) is 0 Å². The van der Waals surface area contributed by atoms with E-state index in [4.69, 9.17) is 10.2 Å². The number of hydrogen-bond acceptors (Lipinski definition) is 3. The maximum atomic E-state index is 12.4. The first-order valence-electron chi connectivity index (χ1n) is 7.38. The van der Waals surface area contributed by atoms with E-state index in [1.165, 1.54) is 0 Å². The summed E-state index contributed by atoms with van der Waals surface area (Å²) in [5, 5.41) is 17.6. The van der Waals surface area contributed by atoms with Gasteiger partial charge in [-0.2, -0.15) is 52.7 Å². The zero-order chi connectivity index (χ0) is 23.4. The van der Waals surface area contributed by atoms with Crippen LogP contribution in [0.5, 0.6) is 0 Å². The van der Waals surface area contributed by atoms with Crippen LogP contribution in [0.2, 0.25) is 0 Å². The highest BCUT2D eigenvalue weighted by Gasteiger charge is 2.70. The molecule has 0 aliphatic heterocycles. The summed E-state index contributed by atoms with van der Waals surface area (Å²) in [5.41, 5.74) is -9.94. The van der Waals surface area contributed by atoms with Gasteiger partial charge in [-0.3, -0.25) is 0 Å². The van der Waals surface area contributed by atoms with Gasteiger partial charge in [0.25, 0.3) is 11.2 Å². The van der Waals surface area contributed by atoms with Crippen LogP contribution in [0.3, 0.4) is 0 Å². The molecule has 0 heterocycles. The van der Waals surface area contributed by atoms with Crippen LogP contribution in [0.25, 0.3) is 0 Å². The van der Waals surface area contributed by atoms with E-state index in [0.29, 0.717) is 24.7 Å². The van der Waals surface area contributed by atoms with Crippen molar-refractivity contribution < 1.29 is 67.6 Å². The first-order chi connectivity index (χ1) is 12.7. The normalized spacial score (nSPS) is 15.5. The summed E-state index contributed by atoms with van der Waals surface area (Å²) in [6, 6.07) is 0. The summed E-state index contributed by atoms with van der Waals surface area (Å²) in [7, 11) is 0. The van der Waals surface area contributed by atoms with Crippen molar-refractivity contribution in [1.29, 1.82) is 0 Å². The smallest absolute Gasteiger partial charge is 0.426 e. The molecule has 2 N–H and O–H groups in total. The molecule has 0 spiro atoms. The Balaban J connectivity index is 4.65. The molecular formula is C14H14F12O3. The summed E-state index contributed by atoms with van der Waals surface area (Å²) >= 11 is 0. The average Bonchev–Trinajstić information content (AvgIpc) is 2.48. The maximum Gasteiger partial charge on any atom is 0.426 e. The predicted molar refractivity (Wildman–Crippen MR) is 72.0 cm³/mol. The van der Waals surface area contributed by atoms with Crippen molar-refractivity contribution in [3.05, 3.63) is 24.7 Å². The van der Waals surface area contributed by atoms with Gasteiger partial charge in [0.1, 0.15) is 0 Å². The molecule has 0 aromatic heterocycles. The van der Waals surface area contributed by atoms with E-state index in [9.17, 15) is 52.7 Å². The summed E-state index contributed by atoms with van der Waals surface area (Å²) in [4.78, 5) is 0. The molecule has 0 rings (SSSR count). The number of allylic oxidation sites excluding steroid dienone is 2. The second-order valence-electron chi connectivity index (χ2n) is 5.67. The molecule has 29 heavy (non-hydrogen) atoms. The minimum Gasteiger partial charge on any atom is -0.473 e. The Bertz CT molecular complexity index is 490. The van der Waals surface area contributed by atoms with Crippen molar-refractivity contribution in [1.82, 2.24) is 0 Å². The van der Waals surface area contributed by atoms with Crippen molar-refractivity contribution in [2.45, 2.75) is 61.6 Å². The number of aliphatic hydroxyl groups is 2. The van der Waals surface area contributed by atoms with Crippen LogP contribution in [-0.2, 0) is 4.74 Å². The summed E-state index contributed by atoms with van der Waals surface area (Å²) in [6.07, 6.45) is -27.4. The van der Waals surface area contributed by atoms with Gasteiger partial charge in [0.2, 0.25) is 0 Å². The first-order valence-corrected chi connectivity index (χ1v) is 7.38. The molecule has 0 radical (unpaired) electrons. The third kappa shape index (κ3) is 6.69. The number of alkyl halides is 12. The highest BCUT2D eigenvalue weighted by atomic mass is 19.4. The monoisotopic (exact) mass is 458 g/mol. The maximum absolute atomic E-state index is 12.4. The number of halogens is 12. The molecule has 0 unspecified atom stereocenters. The fraction of sp³-hybridized carbons (Fsp3) is 0.714. The zero-order valence-electron chi connectivity index (χ0n) is 14.0.